The van der Waals surface area contributed by atoms with E-state index in [4.69, 9.17) is 14.2 Å². The first kappa shape index (κ1) is 18.2. The molecule has 146 valence electrons. The zero-order chi connectivity index (χ0) is 19.9. The maximum atomic E-state index is 12.3. The molecule has 0 spiro atoms. The lowest BCUT2D eigenvalue weighted by Gasteiger charge is -2.23. The highest BCUT2D eigenvalue weighted by molar-refractivity contribution is 5.99. The van der Waals surface area contributed by atoms with Gasteiger partial charge in [-0.2, -0.15) is 0 Å². The standard InChI is InChI=1S/C21H22N2O5/c1-12-20(25)23-15-9-14(7-8-16(15)27-12)22-18(24)11-26-17-6-4-5-13-10-21(2,3)28-19(13)17/h4-9,12H,10-11H2,1-3H3,(H,22,24)(H,23,25). The van der Waals surface area contributed by atoms with Crippen LogP contribution < -0.4 is 24.8 Å². The van der Waals surface area contributed by atoms with Gasteiger partial charge in [0.05, 0.1) is 5.69 Å². The van der Waals surface area contributed by atoms with Gasteiger partial charge in [0.2, 0.25) is 0 Å². The summed E-state index contributed by atoms with van der Waals surface area (Å²) in [6.07, 6.45) is 0.258. The second-order valence-corrected chi connectivity index (χ2v) is 7.58. The van der Waals surface area contributed by atoms with Crippen molar-refractivity contribution in [2.45, 2.75) is 38.9 Å². The van der Waals surface area contributed by atoms with Crippen molar-refractivity contribution in [2.24, 2.45) is 0 Å². The molecule has 4 rings (SSSR count). The number of hydrogen-bond acceptors (Lipinski definition) is 5. The van der Waals surface area contributed by atoms with E-state index in [0.29, 0.717) is 28.6 Å². The molecular formula is C21H22N2O5. The quantitative estimate of drug-likeness (QED) is 0.849. The predicted octanol–water partition coefficient (Wildman–Crippen LogP) is 3.14. The highest BCUT2D eigenvalue weighted by atomic mass is 16.5. The molecular weight excluding hydrogens is 360 g/mol. The van der Waals surface area contributed by atoms with E-state index >= 15 is 0 Å². The van der Waals surface area contributed by atoms with Crippen molar-refractivity contribution in [3.8, 4) is 17.2 Å². The number of para-hydroxylation sites is 1. The van der Waals surface area contributed by atoms with Gasteiger partial charge < -0.3 is 24.8 Å². The van der Waals surface area contributed by atoms with Crippen molar-refractivity contribution in [3.63, 3.8) is 0 Å². The highest BCUT2D eigenvalue weighted by Gasteiger charge is 2.32. The minimum atomic E-state index is -0.541. The maximum absolute atomic E-state index is 12.3. The molecule has 2 heterocycles. The number of amides is 2. The third-order valence-corrected chi connectivity index (χ3v) is 4.61. The summed E-state index contributed by atoms with van der Waals surface area (Å²) in [7, 11) is 0. The summed E-state index contributed by atoms with van der Waals surface area (Å²) < 4.78 is 17.1. The Morgan fingerprint density at radius 1 is 1.32 bits per heavy atom. The zero-order valence-electron chi connectivity index (χ0n) is 16.0. The minimum absolute atomic E-state index is 0.156. The number of fused-ring (bicyclic) bond motifs is 2. The summed E-state index contributed by atoms with van der Waals surface area (Å²) in [6.45, 7) is 5.55. The van der Waals surface area contributed by atoms with Crippen LogP contribution in [0.4, 0.5) is 11.4 Å². The molecule has 2 aliphatic rings. The number of benzene rings is 2. The summed E-state index contributed by atoms with van der Waals surface area (Å²) >= 11 is 0. The molecule has 0 saturated carbocycles. The van der Waals surface area contributed by atoms with E-state index in [1.807, 2.05) is 26.0 Å². The molecule has 2 aromatic rings. The van der Waals surface area contributed by atoms with Crippen LogP contribution in [0.15, 0.2) is 36.4 Å². The molecule has 0 aliphatic carbocycles. The Bertz CT molecular complexity index is 954. The number of hydrogen-bond donors (Lipinski definition) is 2. The van der Waals surface area contributed by atoms with Gasteiger partial charge in [0.25, 0.3) is 11.8 Å². The first-order valence-electron chi connectivity index (χ1n) is 9.16. The number of carbonyl (C=O) groups is 2. The topological polar surface area (TPSA) is 85.9 Å². The lowest BCUT2D eigenvalue weighted by molar-refractivity contribution is -0.122. The Hall–Kier alpha value is -3.22. The Labute approximate surface area is 163 Å². The van der Waals surface area contributed by atoms with Crippen LogP contribution in [-0.4, -0.2) is 30.1 Å². The second-order valence-electron chi connectivity index (χ2n) is 7.58. The van der Waals surface area contributed by atoms with E-state index < -0.39 is 6.10 Å². The molecule has 1 atom stereocenters. The Morgan fingerprint density at radius 2 is 2.14 bits per heavy atom. The molecule has 28 heavy (non-hydrogen) atoms. The summed E-state index contributed by atoms with van der Waals surface area (Å²) in [5.41, 5.74) is 1.86. The fourth-order valence-electron chi connectivity index (χ4n) is 3.33. The summed E-state index contributed by atoms with van der Waals surface area (Å²) in [5, 5.41) is 5.51. The summed E-state index contributed by atoms with van der Waals surface area (Å²) in [5.74, 6) is 1.29. The van der Waals surface area contributed by atoms with Crippen molar-refractivity contribution < 1.29 is 23.8 Å². The third-order valence-electron chi connectivity index (χ3n) is 4.61. The van der Waals surface area contributed by atoms with Crippen LogP contribution in [0.2, 0.25) is 0 Å². The van der Waals surface area contributed by atoms with Crippen molar-refractivity contribution in [1.29, 1.82) is 0 Å². The molecule has 7 nitrogen and oxygen atoms in total. The van der Waals surface area contributed by atoms with E-state index in [9.17, 15) is 9.59 Å². The summed E-state index contributed by atoms with van der Waals surface area (Å²) in [6, 6.07) is 10.8. The van der Waals surface area contributed by atoms with Crippen LogP contribution >= 0.6 is 0 Å². The first-order valence-corrected chi connectivity index (χ1v) is 9.16. The lowest BCUT2D eigenvalue weighted by atomic mass is 10.0. The van der Waals surface area contributed by atoms with Gasteiger partial charge in [-0.25, -0.2) is 0 Å². The molecule has 0 saturated heterocycles. The molecule has 0 radical (unpaired) electrons. The molecule has 0 bridgehead atoms. The Morgan fingerprint density at radius 3 is 2.96 bits per heavy atom. The Balaban J connectivity index is 1.40. The van der Waals surface area contributed by atoms with Gasteiger partial charge in [0, 0.05) is 17.7 Å². The fraction of sp³-hybridized carbons (Fsp3) is 0.333. The SMILES string of the molecule is CC1Oc2ccc(NC(=O)COc3cccc4c3OC(C)(C)C4)cc2NC1=O. The second kappa shape index (κ2) is 6.74. The van der Waals surface area contributed by atoms with E-state index in [-0.39, 0.29) is 24.0 Å². The number of rotatable bonds is 4. The van der Waals surface area contributed by atoms with Gasteiger partial charge in [-0.15, -0.1) is 0 Å². The monoisotopic (exact) mass is 382 g/mol. The van der Waals surface area contributed by atoms with Gasteiger partial charge in [-0.3, -0.25) is 9.59 Å². The van der Waals surface area contributed by atoms with Crippen LogP contribution in [0.25, 0.3) is 0 Å². The predicted molar refractivity (Wildman–Crippen MR) is 104 cm³/mol. The molecule has 0 fully saturated rings. The first-order chi connectivity index (χ1) is 13.3. The van der Waals surface area contributed by atoms with E-state index in [2.05, 4.69) is 10.6 Å². The van der Waals surface area contributed by atoms with Gasteiger partial charge in [0.1, 0.15) is 11.4 Å². The third kappa shape index (κ3) is 3.60. The molecule has 0 aromatic heterocycles. The van der Waals surface area contributed by atoms with Crippen molar-refractivity contribution >= 4 is 23.2 Å². The average molecular weight is 382 g/mol. The van der Waals surface area contributed by atoms with Crippen molar-refractivity contribution in [1.82, 2.24) is 0 Å². The minimum Gasteiger partial charge on any atom is -0.483 e. The normalized spacial score (nSPS) is 18.8. The van der Waals surface area contributed by atoms with Gasteiger partial charge in [-0.05, 0) is 45.0 Å². The molecule has 2 N–H and O–H groups in total. The van der Waals surface area contributed by atoms with Crippen LogP contribution in [0, 0.1) is 0 Å². The molecule has 1 unspecified atom stereocenters. The number of anilines is 2. The van der Waals surface area contributed by atoms with E-state index in [1.165, 1.54) is 0 Å². The zero-order valence-corrected chi connectivity index (χ0v) is 16.0. The summed E-state index contributed by atoms with van der Waals surface area (Å²) in [4.78, 5) is 24.0. The van der Waals surface area contributed by atoms with Crippen LogP contribution in [0.1, 0.15) is 26.3 Å². The highest BCUT2D eigenvalue weighted by Crippen LogP contribution is 2.41. The van der Waals surface area contributed by atoms with E-state index in [0.717, 1.165) is 12.0 Å². The number of nitrogens with one attached hydrogen (secondary N) is 2. The maximum Gasteiger partial charge on any atom is 0.265 e. The number of carbonyl (C=O) groups excluding carboxylic acids is 2. The van der Waals surface area contributed by atoms with Crippen LogP contribution in [0.5, 0.6) is 17.2 Å². The molecule has 2 aliphatic heterocycles. The van der Waals surface area contributed by atoms with Gasteiger partial charge in [-0.1, -0.05) is 12.1 Å². The van der Waals surface area contributed by atoms with Gasteiger partial charge in [0.15, 0.2) is 24.2 Å². The van der Waals surface area contributed by atoms with Crippen LogP contribution in [-0.2, 0) is 16.0 Å². The molecule has 2 amide bonds. The van der Waals surface area contributed by atoms with Crippen molar-refractivity contribution in [2.75, 3.05) is 17.2 Å². The smallest absolute Gasteiger partial charge is 0.265 e. The van der Waals surface area contributed by atoms with Crippen LogP contribution in [0.3, 0.4) is 0 Å². The Kier molecular flexibility index (Phi) is 4.37. The van der Waals surface area contributed by atoms with Crippen molar-refractivity contribution in [3.05, 3.63) is 42.0 Å². The van der Waals surface area contributed by atoms with E-state index in [1.54, 1.807) is 31.2 Å². The number of ether oxygens (including phenoxy) is 3. The lowest BCUT2D eigenvalue weighted by Crippen LogP contribution is -2.34. The average Bonchev–Trinajstić information content (AvgIpc) is 2.95. The molecule has 2 aromatic carbocycles. The molecule has 7 heteroatoms. The fourth-order valence-corrected chi connectivity index (χ4v) is 3.33. The largest absolute Gasteiger partial charge is 0.483 e. The van der Waals surface area contributed by atoms with Gasteiger partial charge >= 0.3 is 0 Å².